The second kappa shape index (κ2) is 7.29. The minimum absolute atomic E-state index is 0.0320. The lowest BCUT2D eigenvalue weighted by Crippen LogP contribution is -2.37. The van der Waals surface area contributed by atoms with E-state index in [0.29, 0.717) is 17.7 Å². The van der Waals surface area contributed by atoms with Gasteiger partial charge >= 0.3 is 0 Å². The molecule has 0 aliphatic carbocycles. The topological polar surface area (TPSA) is 84.2 Å². The lowest BCUT2D eigenvalue weighted by Gasteiger charge is -2.33. The molecule has 0 unspecified atom stereocenters. The summed E-state index contributed by atoms with van der Waals surface area (Å²) in [5.41, 5.74) is 1.61. The average molecular weight is 339 g/mol. The quantitative estimate of drug-likeness (QED) is 0.628. The highest BCUT2D eigenvalue weighted by Crippen LogP contribution is 2.29. The van der Waals surface area contributed by atoms with Crippen molar-refractivity contribution in [3.63, 3.8) is 0 Å². The number of aromatic nitrogens is 2. The van der Waals surface area contributed by atoms with Crippen molar-refractivity contribution < 1.29 is 4.92 Å². The minimum Gasteiger partial charge on any atom is -0.349 e. The Balaban J connectivity index is 1.90. The molecule has 0 fully saturated rings. The monoisotopic (exact) mass is 339 g/mol. The summed E-state index contributed by atoms with van der Waals surface area (Å²) >= 11 is 0. The molecule has 1 aromatic carbocycles. The maximum atomic E-state index is 10.9. The zero-order chi connectivity index (χ0) is 17.8. The van der Waals surface area contributed by atoms with E-state index in [1.165, 1.54) is 12.1 Å². The SMILES string of the molecule is CCC(CC)N1CC=Cc2cnc(Nc3cccc([N+](=O)[O-])c3)nc21. The number of hydrogen-bond acceptors (Lipinski definition) is 6. The molecular formula is C18H21N5O2. The van der Waals surface area contributed by atoms with Gasteiger partial charge in [-0.3, -0.25) is 10.1 Å². The summed E-state index contributed by atoms with van der Waals surface area (Å²) in [6, 6.07) is 6.75. The Morgan fingerprint density at radius 3 is 2.88 bits per heavy atom. The molecule has 7 heteroatoms. The Kier molecular flexibility index (Phi) is 4.92. The van der Waals surface area contributed by atoms with Crippen LogP contribution in [0, 0.1) is 10.1 Å². The molecule has 7 nitrogen and oxygen atoms in total. The van der Waals surface area contributed by atoms with Crippen LogP contribution in [-0.2, 0) is 0 Å². The second-order valence-electron chi connectivity index (χ2n) is 5.93. The highest BCUT2D eigenvalue weighted by molar-refractivity contribution is 5.69. The van der Waals surface area contributed by atoms with Gasteiger partial charge in [0.25, 0.3) is 5.69 Å². The van der Waals surface area contributed by atoms with Crippen molar-refractivity contribution in [2.45, 2.75) is 32.7 Å². The lowest BCUT2D eigenvalue weighted by atomic mass is 10.1. The number of nitrogens with zero attached hydrogens (tertiary/aromatic N) is 4. The Morgan fingerprint density at radius 1 is 1.36 bits per heavy atom. The molecule has 1 aromatic heterocycles. The molecule has 2 heterocycles. The van der Waals surface area contributed by atoms with E-state index in [2.05, 4.69) is 40.1 Å². The first-order valence-electron chi connectivity index (χ1n) is 8.44. The van der Waals surface area contributed by atoms with Gasteiger partial charge in [0.15, 0.2) is 0 Å². The number of anilines is 3. The third kappa shape index (κ3) is 3.60. The predicted molar refractivity (Wildman–Crippen MR) is 99.2 cm³/mol. The molecule has 2 aromatic rings. The first-order valence-corrected chi connectivity index (χ1v) is 8.44. The Hall–Kier alpha value is -2.96. The molecule has 0 saturated heterocycles. The van der Waals surface area contributed by atoms with Crippen molar-refractivity contribution >= 4 is 29.2 Å². The molecule has 1 aliphatic heterocycles. The highest BCUT2D eigenvalue weighted by Gasteiger charge is 2.22. The number of nitrogens with one attached hydrogen (secondary N) is 1. The van der Waals surface area contributed by atoms with Gasteiger partial charge in [0.2, 0.25) is 5.95 Å². The summed E-state index contributed by atoms with van der Waals surface area (Å²) in [6.45, 7) is 5.18. The van der Waals surface area contributed by atoms with Gasteiger partial charge in [-0.05, 0) is 18.9 Å². The molecule has 0 saturated carbocycles. The zero-order valence-corrected chi connectivity index (χ0v) is 14.3. The van der Waals surface area contributed by atoms with Crippen LogP contribution in [0.5, 0.6) is 0 Å². The molecule has 1 N–H and O–H groups in total. The number of nitro benzene ring substituents is 1. The van der Waals surface area contributed by atoms with Crippen LogP contribution in [0.4, 0.5) is 23.1 Å². The third-order valence-corrected chi connectivity index (χ3v) is 4.36. The largest absolute Gasteiger partial charge is 0.349 e. The fourth-order valence-corrected chi connectivity index (χ4v) is 3.05. The maximum Gasteiger partial charge on any atom is 0.271 e. The van der Waals surface area contributed by atoms with Crippen LogP contribution in [0.3, 0.4) is 0 Å². The molecule has 25 heavy (non-hydrogen) atoms. The number of hydrogen-bond donors (Lipinski definition) is 1. The standard InChI is InChI=1S/C18H21N5O2/c1-3-15(4-2)22-10-6-7-13-12-19-18(21-17(13)22)20-14-8-5-9-16(11-14)23(24)25/h5-9,11-12,15H,3-4,10H2,1-2H3,(H,19,20,21). The van der Waals surface area contributed by atoms with Crippen LogP contribution < -0.4 is 10.2 Å². The average Bonchev–Trinajstić information content (AvgIpc) is 2.63. The number of non-ortho nitro benzene ring substituents is 1. The number of rotatable bonds is 6. The van der Waals surface area contributed by atoms with Crippen LogP contribution in [0.15, 0.2) is 36.5 Å². The van der Waals surface area contributed by atoms with E-state index in [-0.39, 0.29) is 5.69 Å². The van der Waals surface area contributed by atoms with Crippen LogP contribution in [0.1, 0.15) is 32.3 Å². The molecule has 0 radical (unpaired) electrons. The van der Waals surface area contributed by atoms with Gasteiger partial charge in [-0.15, -0.1) is 0 Å². The van der Waals surface area contributed by atoms with Crippen LogP contribution in [-0.4, -0.2) is 27.5 Å². The van der Waals surface area contributed by atoms with Crippen LogP contribution in [0.25, 0.3) is 6.08 Å². The molecule has 130 valence electrons. The molecule has 0 amide bonds. The summed E-state index contributed by atoms with van der Waals surface area (Å²) in [4.78, 5) is 21.8. The fraction of sp³-hybridized carbons (Fsp3) is 0.333. The molecule has 1 aliphatic rings. The Bertz CT molecular complexity index is 802. The van der Waals surface area contributed by atoms with E-state index >= 15 is 0 Å². The molecule has 0 spiro atoms. The van der Waals surface area contributed by atoms with Crippen molar-refractivity contribution in [2.75, 3.05) is 16.8 Å². The summed E-state index contributed by atoms with van der Waals surface area (Å²) in [5, 5.41) is 14.0. The second-order valence-corrected chi connectivity index (χ2v) is 5.93. The van der Waals surface area contributed by atoms with Gasteiger partial charge in [0.05, 0.1) is 4.92 Å². The molecular weight excluding hydrogens is 318 g/mol. The normalized spacial score (nSPS) is 13.0. The van der Waals surface area contributed by atoms with Gasteiger partial charge in [-0.25, -0.2) is 4.98 Å². The fourth-order valence-electron chi connectivity index (χ4n) is 3.05. The molecule has 0 atom stereocenters. The van der Waals surface area contributed by atoms with Gasteiger partial charge in [-0.2, -0.15) is 4.98 Å². The minimum atomic E-state index is -0.418. The van der Waals surface area contributed by atoms with Gasteiger partial charge in [-0.1, -0.05) is 32.1 Å². The lowest BCUT2D eigenvalue weighted by molar-refractivity contribution is -0.384. The van der Waals surface area contributed by atoms with Gasteiger partial charge < -0.3 is 10.2 Å². The summed E-state index contributed by atoms with van der Waals surface area (Å²) < 4.78 is 0. The van der Waals surface area contributed by atoms with E-state index in [1.54, 1.807) is 18.3 Å². The van der Waals surface area contributed by atoms with Crippen molar-refractivity contribution in [2.24, 2.45) is 0 Å². The molecule has 3 rings (SSSR count). The van der Waals surface area contributed by atoms with Gasteiger partial charge in [0.1, 0.15) is 5.82 Å². The number of nitro groups is 1. The summed E-state index contributed by atoms with van der Waals surface area (Å²) in [7, 11) is 0. The predicted octanol–water partition coefficient (Wildman–Crippen LogP) is 4.15. The maximum absolute atomic E-state index is 10.9. The summed E-state index contributed by atoms with van der Waals surface area (Å²) in [5.74, 6) is 1.34. The van der Waals surface area contributed by atoms with Crippen LogP contribution >= 0.6 is 0 Å². The van der Waals surface area contributed by atoms with Gasteiger partial charge in [0, 0.05) is 42.2 Å². The summed E-state index contributed by atoms with van der Waals surface area (Å²) in [6.07, 6.45) is 8.03. The van der Waals surface area contributed by atoms with Crippen molar-refractivity contribution in [1.82, 2.24) is 9.97 Å². The van der Waals surface area contributed by atoms with E-state index in [4.69, 9.17) is 0 Å². The smallest absolute Gasteiger partial charge is 0.271 e. The number of benzene rings is 1. The van der Waals surface area contributed by atoms with E-state index in [9.17, 15) is 10.1 Å². The van der Waals surface area contributed by atoms with E-state index in [1.807, 2.05) is 6.08 Å². The number of fused-ring (bicyclic) bond motifs is 1. The third-order valence-electron chi connectivity index (χ3n) is 4.36. The van der Waals surface area contributed by atoms with Crippen molar-refractivity contribution in [3.05, 3.63) is 52.2 Å². The zero-order valence-electron chi connectivity index (χ0n) is 14.3. The van der Waals surface area contributed by atoms with E-state index < -0.39 is 4.92 Å². The van der Waals surface area contributed by atoms with Crippen molar-refractivity contribution in [1.29, 1.82) is 0 Å². The van der Waals surface area contributed by atoms with Crippen LogP contribution in [0.2, 0.25) is 0 Å². The highest BCUT2D eigenvalue weighted by atomic mass is 16.6. The Morgan fingerprint density at radius 2 is 2.16 bits per heavy atom. The Labute approximate surface area is 146 Å². The van der Waals surface area contributed by atoms with E-state index in [0.717, 1.165) is 30.8 Å². The first-order chi connectivity index (χ1) is 12.1. The molecule has 0 bridgehead atoms. The van der Waals surface area contributed by atoms with Crippen molar-refractivity contribution in [3.8, 4) is 0 Å². The first kappa shape index (κ1) is 16.9.